The molecule has 0 spiro atoms. The minimum Gasteiger partial charge on any atom is -0.496 e. The van der Waals surface area contributed by atoms with Crippen molar-refractivity contribution in [1.29, 1.82) is 0 Å². The van der Waals surface area contributed by atoms with E-state index in [9.17, 15) is 14.0 Å². The molecule has 5 nitrogen and oxygen atoms in total. The van der Waals surface area contributed by atoms with Crippen LogP contribution in [0.15, 0.2) is 12.1 Å². The molecule has 1 atom stereocenters. The molecule has 1 aromatic rings. The third-order valence-electron chi connectivity index (χ3n) is 3.80. The molecule has 2 rings (SSSR count). The topological polar surface area (TPSA) is 66.8 Å². The summed E-state index contributed by atoms with van der Waals surface area (Å²) in [6.45, 7) is 3.34. The number of methoxy groups -OCH3 is 1. The predicted molar refractivity (Wildman–Crippen MR) is 74.5 cm³/mol. The maximum absolute atomic E-state index is 14.0. The number of aryl methyl sites for hydroxylation is 2. The lowest BCUT2D eigenvalue weighted by Crippen LogP contribution is -2.38. The third kappa shape index (κ3) is 2.70. The quantitative estimate of drug-likeness (QED) is 0.925. The number of nitrogens with zero attached hydrogens (tertiary/aromatic N) is 1. The summed E-state index contributed by atoms with van der Waals surface area (Å²) in [4.78, 5) is 24.5. The first-order valence-electron chi connectivity index (χ1n) is 6.65. The van der Waals surface area contributed by atoms with E-state index < -0.39 is 18.2 Å². The maximum atomic E-state index is 14.0. The van der Waals surface area contributed by atoms with Gasteiger partial charge in [0.1, 0.15) is 5.75 Å². The van der Waals surface area contributed by atoms with Gasteiger partial charge in [-0.2, -0.15) is 0 Å². The van der Waals surface area contributed by atoms with Gasteiger partial charge in [-0.15, -0.1) is 0 Å². The van der Waals surface area contributed by atoms with Crippen molar-refractivity contribution >= 4 is 11.9 Å². The van der Waals surface area contributed by atoms with Crippen LogP contribution < -0.4 is 4.74 Å². The van der Waals surface area contributed by atoms with Crippen LogP contribution in [-0.4, -0.2) is 47.8 Å². The molecule has 1 aromatic carbocycles. The Hall–Kier alpha value is -2.11. The molecule has 0 aromatic heterocycles. The zero-order chi connectivity index (χ0) is 15.8. The molecule has 21 heavy (non-hydrogen) atoms. The highest BCUT2D eigenvalue weighted by molar-refractivity contribution is 5.96. The Kier molecular flexibility index (Phi) is 3.89. The molecular weight excluding hydrogens is 277 g/mol. The van der Waals surface area contributed by atoms with Crippen molar-refractivity contribution < 1.29 is 23.8 Å². The van der Waals surface area contributed by atoms with Gasteiger partial charge in [0.05, 0.1) is 13.7 Å². The van der Waals surface area contributed by atoms with E-state index in [0.717, 1.165) is 11.1 Å². The highest BCUT2D eigenvalue weighted by Crippen LogP contribution is 2.29. The van der Waals surface area contributed by atoms with Crippen molar-refractivity contribution in [3.8, 4) is 5.75 Å². The van der Waals surface area contributed by atoms with Crippen molar-refractivity contribution in [2.75, 3.05) is 20.2 Å². The van der Waals surface area contributed by atoms with Gasteiger partial charge in [0.2, 0.25) is 5.67 Å². The van der Waals surface area contributed by atoms with Crippen LogP contribution >= 0.6 is 0 Å². The monoisotopic (exact) mass is 295 g/mol. The molecule has 1 saturated heterocycles. The molecule has 6 heteroatoms. The molecule has 0 radical (unpaired) electrons. The predicted octanol–water partition coefficient (Wildman–Crippen LogP) is 1.95. The molecule has 114 valence electrons. The highest BCUT2D eigenvalue weighted by atomic mass is 19.1. The summed E-state index contributed by atoms with van der Waals surface area (Å²) in [5, 5.41) is 8.87. The van der Waals surface area contributed by atoms with E-state index in [1.54, 1.807) is 19.2 Å². The van der Waals surface area contributed by atoms with E-state index in [4.69, 9.17) is 9.84 Å². The number of alkyl halides is 1. The fourth-order valence-electron chi connectivity index (χ4n) is 2.70. The lowest BCUT2D eigenvalue weighted by Gasteiger charge is -2.19. The number of benzene rings is 1. The Bertz CT molecular complexity index is 578. The average Bonchev–Trinajstić information content (AvgIpc) is 2.81. The van der Waals surface area contributed by atoms with Gasteiger partial charge in [-0.3, -0.25) is 4.79 Å². The van der Waals surface area contributed by atoms with E-state index in [0.29, 0.717) is 11.3 Å². The number of hydrogen-bond donors (Lipinski definition) is 1. The van der Waals surface area contributed by atoms with Crippen LogP contribution in [-0.2, 0) is 4.79 Å². The Morgan fingerprint density at radius 1 is 1.33 bits per heavy atom. The van der Waals surface area contributed by atoms with E-state index in [-0.39, 0.29) is 18.9 Å². The Morgan fingerprint density at radius 3 is 2.33 bits per heavy atom. The normalized spacial score (nSPS) is 21.4. The van der Waals surface area contributed by atoms with Crippen LogP contribution in [0.2, 0.25) is 0 Å². The van der Waals surface area contributed by atoms with Crippen molar-refractivity contribution in [2.45, 2.75) is 25.9 Å². The first-order chi connectivity index (χ1) is 9.78. The molecule has 1 fully saturated rings. The van der Waals surface area contributed by atoms with Crippen LogP contribution in [0.3, 0.4) is 0 Å². The van der Waals surface area contributed by atoms with Gasteiger partial charge in [-0.25, -0.2) is 9.18 Å². The summed E-state index contributed by atoms with van der Waals surface area (Å²) >= 11 is 0. The van der Waals surface area contributed by atoms with Crippen LogP contribution in [0.5, 0.6) is 5.75 Å². The van der Waals surface area contributed by atoms with Crippen LogP contribution in [0.1, 0.15) is 27.9 Å². The minimum absolute atomic E-state index is 0.103. The molecule has 1 unspecified atom stereocenters. The van der Waals surface area contributed by atoms with Crippen molar-refractivity contribution in [3.63, 3.8) is 0 Å². The number of carbonyl (C=O) groups is 2. The lowest BCUT2D eigenvalue weighted by atomic mass is 10.0. The first kappa shape index (κ1) is 15.3. The Morgan fingerprint density at radius 2 is 1.90 bits per heavy atom. The second kappa shape index (κ2) is 5.35. The van der Waals surface area contributed by atoms with Crippen molar-refractivity contribution in [1.82, 2.24) is 4.90 Å². The fraction of sp³-hybridized carbons (Fsp3) is 0.467. The number of amides is 1. The average molecular weight is 295 g/mol. The fourth-order valence-corrected chi connectivity index (χ4v) is 2.70. The van der Waals surface area contributed by atoms with Gasteiger partial charge in [0.25, 0.3) is 5.91 Å². The molecule has 1 aliphatic heterocycles. The van der Waals surface area contributed by atoms with Crippen molar-refractivity contribution in [3.05, 3.63) is 28.8 Å². The van der Waals surface area contributed by atoms with Crippen LogP contribution in [0, 0.1) is 13.8 Å². The zero-order valence-electron chi connectivity index (χ0n) is 12.3. The van der Waals surface area contributed by atoms with Gasteiger partial charge in [0, 0.05) is 18.5 Å². The molecule has 0 saturated carbocycles. The molecule has 0 aliphatic carbocycles. The number of aliphatic carboxylic acids is 1. The number of rotatable bonds is 3. The number of carboxylic acids is 1. The largest absolute Gasteiger partial charge is 0.496 e. The number of hydrogen-bond acceptors (Lipinski definition) is 3. The molecule has 1 amide bonds. The first-order valence-corrected chi connectivity index (χ1v) is 6.65. The smallest absolute Gasteiger partial charge is 0.343 e. The van der Waals surface area contributed by atoms with E-state index in [1.165, 1.54) is 4.90 Å². The van der Waals surface area contributed by atoms with Gasteiger partial charge < -0.3 is 14.7 Å². The molecule has 0 bridgehead atoms. The Labute approximate surface area is 122 Å². The molecule has 1 aliphatic rings. The number of halogens is 1. The number of carboxylic acid groups (broad SMARTS) is 1. The van der Waals surface area contributed by atoms with Gasteiger partial charge in [-0.05, 0) is 37.1 Å². The molecule has 1 heterocycles. The van der Waals surface area contributed by atoms with E-state index in [2.05, 4.69) is 0 Å². The third-order valence-corrected chi connectivity index (χ3v) is 3.80. The number of carbonyl (C=O) groups excluding carboxylic acids is 1. The summed E-state index contributed by atoms with van der Waals surface area (Å²) in [6, 6.07) is 3.35. The second-order valence-corrected chi connectivity index (χ2v) is 5.39. The number of ether oxygens (including phenoxy) is 1. The highest BCUT2D eigenvalue weighted by Gasteiger charge is 2.47. The molecule has 1 N–H and O–H groups in total. The summed E-state index contributed by atoms with van der Waals surface area (Å²) < 4.78 is 19.3. The zero-order valence-corrected chi connectivity index (χ0v) is 12.3. The SMILES string of the molecule is COc1c(C)cc(C(=O)N2CCC(F)(C(=O)O)C2)cc1C. The second-order valence-electron chi connectivity index (χ2n) is 5.39. The molecular formula is C15H18FNO4. The van der Waals surface area contributed by atoms with Crippen molar-refractivity contribution in [2.24, 2.45) is 0 Å². The Balaban J connectivity index is 2.24. The summed E-state index contributed by atoms with van der Waals surface area (Å²) in [5.41, 5.74) is -0.304. The number of likely N-dealkylation sites (tertiary alicyclic amines) is 1. The summed E-state index contributed by atoms with van der Waals surface area (Å²) in [5.74, 6) is -1.16. The summed E-state index contributed by atoms with van der Waals surface area (Å²) in [7, 11) is 1.56. The lowest BCUT2D eigenvalue weighted by molar-refractivity contribution is -0.149. The van der Waals surface area contributed by atoms with E-state index >= 15 is 0 Å². The van der Waals surface area contributed by atoms with Gasteiger partial charge in [0.15, 0.2) is 0 Å². The van der Waals surface area contributed by atoms with Crippen LogP contribution in [0.25, 0.3) is 0 Å². The van der Waals surface area contributed by atoms with Gasteiger partial charge >= 0.3 is 5.97 Å². The summed E-state index contributed by atoms with van der Waals surface area (Å²) in [6.07, 6.45) is -0.178. The van der Waals surface area contributed by atoms with Crippen LogP contribution in [0.4, 0.5) is 4.39 Å². The standard InChI is InChI=1S/C15H18FNO4/c1-9-6-11(7-10(2)12(9)21-3)13(18)17-5-4-15(16,8-17)14(19)20/h6-7H,4-5,8H2,1-3H3,(H,19,20). The van der Waals surface area contributed by atoms with E-state index in [1.807, 2.05) is 13.8 Å². The maximum Gasteiger partial charge on any atom is 0.343 e. The minimum atomic E-state index is -2.34. The van der Waals surface area contributed by atoms with Gasteiger partial charge in [-0.1, -0.05) is 0 Å².